The highest BCUT2D eigenvalue weighted by Gasteiger charge is 2.52. The smallest absolute Gasteiger partial charge is 0.223 e. The molecule has 22 heavy (non-hydrogen) atoms. The predicted molar refractivity (Wildman–Crippen MR) is 81.8 cm³/mol. The van der Waals surface area contributed by atoms with Crippen LogP contribution in [0.15, 0.2) is 6.33 Å². The predicted octanol–water partition coefficient (Wildman–Crippen LogP) is 2.54. The zero-order valence-electron chi connectivity index (χ0n) is 12.6. The van der Waals surface area contributed by atoms with Crippen LogP contribution in [0.1, 0.15) is 33.4 Å². The first kappa shape index (κ1) is 15.0. The molecule has 7 nitrogen and oxygen atoms in total. The van der Waals surface area contributed by atoms with Crippen molar-refractivity contribution in [3.05, 3.63) is 11.5 Å². The lowest BCUT2D eigenvalue weighted by Crippen LogP contribution is -2.29. The van der Waals surface area contributed by atoms with Crippen LogP contribution >= 0.6 is 11.6 Å². The number of nitrogens with zero attached hydrogens (tertiary/aromatic N) is 5. The number of rotatable bonds is 2. The first-order valence-electron chi connectivity index (χ1n) is 7.14. The minimum atomic E-state index is -0.694. The lowest BCUT2D eigenvalue weighted by molar-refractivity contribution is -0.0220. The van der Waals surface area contributed by atoms with Crippen LogP contribution < -0.4 is 5.73 Å². The van der Waals surface area contributed by atoms with E-state index in [9.17, 15) is 5.26 Å². The topological polar surface area (TPSA) is 103 Å². The van der Waals surface area contributed by atoms with Crippen LogP contribution in [0, 0.1) is 22.7 Å². The molecule has 1 aliphatic heterocycles. The fourth-order valence-electron chi connectivity index (χ4n) is 3.07. The maximum absolute atomic E-state index is 9.71. The Balaban J connectivity index is 2.17. The molecule has 8 heteroatoms. The highest BCUT2D eigenvalue weighted by Crippen LogP contribution is 2.50. The van der Waals surface area contributed by atoms with Gasteiger partial charge in [-0.3, -0.25) is 4.57 Å². The van der Waals surface area contributed by atoms with Crippen molar-refractivity contribution in [2.75, 3.05) is 5.73 Å². The maximum atomic E-state index is 9.71. The normalized spacial score (nSPS) is 31.5. The molecule has 0 bridgehead atoms. The summed E-state index contributed by atoms with van der Waals surface area (Å²) in [5.41, 5.74) is 5.92. The Bertz CT molecular complexity index is 769. The first-order valence-corrected chi connectivity index (χ1v) is 7.52. The molecular formula is C14H17ClN6O. The summed E-state index contributed by atoms with van der Waals surface area (Å²) >= 11 is 6.06. The lowest BCUT2D eigenvalue weighted by atomic mass is 9.77. The number of hydrogen-bond acceptors (Lipinski definition) is 6. The van der Waals surface area contributed by atoms with Gasteiger partial charge < -0.3 is 10.5 Å². The summed E-state index contributed by atoms with van der Waals surface area (Å²) in [4.78, 5) is 12.3. The third-order valence-corrected chi connectivity index (χ3v) is 4.88. The number of anilines is 1. The summed E-state index contributed by atoms with van der Waals surface area (Å²) < 4.78 is 7.85. The molecule has 0 unspecified atom stereocenters. The van der Waals surface area contributed by atoms with Crippen molar-refractivity contribution in [2.24, 2.45) is 11.3 Å². The molecule has 2 aromatic heterocycles. The Kier molecular flexibility index (Phi) is 3.46. The van der Waals surface area contributed by atoms with Gasteiger partial charge in [-0.15, -0.1) is 0 Å². The number of nitriles is 1. The summed E-state index contributed by atoms with van der Waals surface area (Å²) in [6.07, 6.45) is 1.92. The Hall–Kier alpha value is -1.91. The van der Waals surface area contributed by atoms with E-state index >= 15 is 0 Å². The molecule has 0 amide bonds. The first-order chi connectivity index (χ1) is 10.4. The fraction of sp³-hybridized carbons (Fsp3) is 0.571. The zero-order valence-corrected chi connectivity index (χ0v) is 13.4. The molecule has 1 aliphatic rings. The van der Waals surface area contributed by atoms with Crippen molar-refractivity contribution in [2.45, 2.75) is 39.5 Å². The number of fused-ring (bicyclic) bond motifs is 1. The standard InChI is InChI=1S/C14H17ClN6O/c1-4-8-7(2)14(3,5-16)12(22-8)21-6-18-9-10(15)19-13(17)20-11(9)21/h6-8,12H,4H2,1-3H3,(H2,17,19,20)/t7-,8-,12-,14-/m1/s1. The second-order valence-electron chi connectivity index (χ2n) is 5.81. The van der Waals surface area contributed by atoms with Gasteiger partial charge in [-0.1, -0.05) is 25.4 Å². The average Bonchev–Trinajstić information content (AvgIpc) is 3.00. The van der Waals surface area contributed by atoms with E-state index in [0.717, 1.165) is 6.42 Å². The molecule has 0 radical (unpaired) electrons. The molecule has 4 atom stereocenters. The van der Waals surface area contributed by atoms with Crippen LogP contribution in [0.2, 0.25) is 5.15 Å². The van der Waals surface area contributed by atoms with Gasteiger partial charge in [-0.25, -0.2) is 4.98 Å². The van der Waals surface area contributed by atoms with E-state index in [-0.39, 0.29) is 23.1 Å². The Morgan fingerprint density at radius 3 is 2.91 bits per heavy atom. The molecule has 0 saturated carbocycles. The van der Waals surface area contributed by atoms with Crippen LogP contribution in [-0.2, 0) is 4.74 Å². The van der Waals surface area contributed by atoms with Crippen LogP contribution in [0.3, 0.4) is 0 Å². The SMILES string of the molecule is CC[C@H]1O[C@@H](n2cnc3c(Cl)nc(N)nc32)[C@](C)(C#N)[C@@H]1C. The van der Waals surface area contributed by atoms with Crippen molar-refractivity contribution in [3.63, 3.8) is 0 Å². The quantitative estimate of drug-likeness (QED) is 0.853. The molecule has 2 N–H and O–H groups in total. The van der Waals surface area contributed by atoms with Crippen LogP contribution in [0.25, 0.3) is 11.2 Å². The lowest BCUT2D eigenvalue weighted by Gasteiger charge is -2.26. The van der Waals surface area contributed by atoms with Gasteiger partial charge in [-0.05, 0) is 13.3 Å². The maximum Gasteiger partial charge on any atom is 0.223 e. The summed E-state index contributed by atoms with van der Waals surface area (Å²) in [7, 11) is 0. The monoisotopic (exact) mass is 320 g/mol. The third-order valence-electron chi connectivity index (χ3n) is 4.61. The van der Waals surface area contributed by atoms with Gasteiger partial charge in [0, 0.05) is 5.92 Å². The molecule has 3 rings (SSSR count). The van der Waals surface area contributed by atoms with Crippen LogP contribution in [0.4, 0.5) is 5.95 Å². The Morgan fingerprint density at radius 2 is 2.27 bits per heavy atom. The third kappa shape index (κ3) is 1.95. The summed E-state index contributed by atoms with van der Waals surface area (Å²) in [5.74, 6) is 0.149. The molecule has 0 aliphatic carbocycles. The van der Waals surface area contributed by atoms with Crippen molar-refractivity contribution in [1.29, 1.82) is 5.26 Å². The fourth-order valence-corrected chi connectivity index (χ4v) is 3.29. The van der Waals surface area contributed by atoms with E-state index < -0.39 is 11.6 Å². The minimum absolute atomic E-state index is 0.00163. The van der Waals surface area contributed by atoms with Crippen molar-refractivity contribution in [1.82, 2.24) is 19.5 Å². The number of nitrogen functional groups attached to an aromatic ring is 1. The minimum Gasteiger partial charge on any atom is -0.368 e. The highest BCUT2D eigenvalue weighted by molar-refractivity contribution is 6.33. The molecule has 0 spiro atoms. The Morgan fingerprint density at radius 1 is 1.55 bits per heavy atom. The van der Waals surface area contributed by atoms with Gasteiger partial charge in [0.15, 0.2) is 17.0 Å². The van der Waals surface area contributed by atoms with E-state index in [1.165, 1.54) is 0 Å². The second kappa shape index (κ2) is 5.07. The van der Waals surface area contributed by atoms with Gasteiger partial charge >= 0.3 is 0 Å². The van der Waals surface area contributed by atoms with E-state index in [1.54, 1.807) is 10.9 Å². The molecule has 1 fully saturated rings. The highest BCUT2D eigenvalue weighted by atomic mass is 35.5. The van der Waals surface area contributed by atoms with Crippen LogP contribution in [0.5, 0.6) is 0 Å². The largest absolute Gasteiger partial charge is 0.368 e. The molecular weight excluding hydrogens is 304 g/mol. The summed E-state index contributed by atoms with van der Waals surface area (Å²) in [6, 6.07) is 2.41. The number of nitrogens with two attached hydrogens (primary N) is 1. The molecule has 2 aromatic rings. The van der Waals surface area contributed by atoms with E-state index in [4.69, 9.17) is 22.1 Å². The van der Waals surface area contributed by atoms with Gasteiger partial charge in [0.2, 0.25) is 5.95 Å². The number of aromatic nitrogens is 4. The van der Waals surface area contributed by atoms with E-state index in [2.05, 4.69) is 21.0 Å². The molecule has 1 saturated heterocycles. The molecule has 116 valence electrons. The average molecular weight is 321 g/mol. The Labute approximate surface area is 133 Å². The summed E-state index contributed by atoms with van der Waals surface area (Å²) in [6.45, 7) is 5.98. The molecule has 3 heterocycles. The summed E-state index contributed by atoms with van der Waals surface area (Å²) in [5, 5.41) is 9.90. The van der Waals surface area contributed by atoms with E-state index in [1.807, 2.05) is 20.8 Å². The second-order valence-corrected chi connectivity index (χ2v) is 6.17. The van der Waals surface area contributed by atoms with Gasteiger partial charge in [0.25, 0.3) is 0 Å². The van der Waals surface area contributed by atoms with Crippen LogP contribution in [-0.4, -0.2) is 25.6 Å². The van der Waals surface area contributed by atoms with Crippen molar-refractivity contribution in [3.8, 4) is 6.07 Å². The number of halogens is 1. The van der Waals surface area contributed by atoms with Crippen molar-refractivity contribution >= 4 is 28.7 Å². The van der Waals surface area contributed by atoms with Gasteiger partial charge in [0.1, 0.15) is 10.9 Å². The van der Waals surface area contributed by atoms with E-state index in [0.29, 0.717) is 11.2 Å². The van der Waals surface area contributed by atoms with Gasteiger partial charge in [-0.2, -0.15) is 15.2 Å². The number of imidazole rings is 1. The zero-order chi connectivity index (χ0) is 16.1. The van der Waals surface area contributed by atoms with Crippen molar-refractivity contribution < 1.29 is 4.74 Å². The number of hydrogen-bond donors (Lipinski definition) is 1. The molecule has 0 aromatic carbocycles. The number of ether oxygens (including phenoxy) is 1. The van der Waals surface area contributed by atoms with Gasteiger partial charge in [0.05, 0.1) is 18.5 Å².